The van der Waals surface area contributed by atoms with Crippen molar-refractivity contribution in [3.63, 3.8) is 0 Å². The Labute approximate surface area is 170 Å². The highest BCUT2D eigenvalue weighted by molar-refractivity contribution is 5.97. The van der Waals surface area contributed by atoms with Crippen molar-refractivity contribution < 1.29 is 23.9 Å². The van der Waals surface area contributed by atoms with Crippen molar-refractivity contribution in [2.45, 2.75) is 26.9 Å². The Hall–Kier alpha value is -3.35. The zero-order chi connectivity index (χ0) is 21.4. The summed E-state index contributed by atoms with van der Waals surface area (Å²) in [5.41, 5.74) is 1.97. The van der Waals surface area contributed by atoms with Gasteiger partial charge in [-0.2, -0.15) is 0 Å². The summed E-state index contributed by atoms with van der Waals surface area (Å²) in [4.78, 5) is 38.3. The molecule has 2 aromatic carbocycles. The number of ether oxygens (including phenoxy) is 2. The van der Waals surface area contributed by atoms with Gasteiger partial charge in [-0.25, -0.2) is 4.79 Å². The first-order valence-corrected chi connectivity index (χ1v) is 9.36. The molecule has 2 aromatic rings. The summed E-state index contributed by atoms with van der Waals surface area (Å²) >= 11 is 0. The molecule has 7 heteroatoms. The molecule has 0 fully saturated rings. The lowest BCUT2D eigenvalue weighted by molar-refractivity contribution is -0.140. The van der Waals surface area contributed by atoms with Crippen LogP contribution in [0.5, 0.6) is 5.75 Å². The van der Waals surface area contributed by atoms with Crippen LogP contribution < -0.4 is 10.1 Å². The number of nitrogens with zero attached hydrogens (tertiary/aromatic N) is 1. The normalized spacial score (nSPS) is 11.3. The number of amides is 2. The van der Waals surface area contributed by atoms with Crippen molar-refractivity contribution >= 4 is 23.5 Å². The van der Waals surface area contributed by atoms with Gasteiger partial charge in [0.15, 0.2) is 6.10 Å². The predicted molar refractivity (Wildman–Crippen MR) is 110 cm³/mol. The minimum Gasteiger partial charge on any atom is -0.493 e. The number of likely N-dealkylation sites (N-methyl/N-ethyl adjacent to an activating group) is 1. The number of carbonyl (C=O) groups excluding carboxylic acids is 3. The van der Waals surface area contributed by atoms with E-state index in [0.29, 0.717) is 18.0 Å². The van der Waals surface area contributed by atoms with E-state index in [0.717, 1.165) is 5.56 Å². The van der Waals surface area contributed by atoms with Gasteiger partial charge in [0.2, 0.25) is 5.91 Å². The number of para-hydroxylation sites is 1. The molecule has 0 aromatic heterocycles. The van der Waals surface area contributed by atoms with Gasteiger partial charge in [0.05, 0.1) is 13.2 Å². The SMILES string of the molecule is CCOc1ccccc1C(=O)O[C@H](C)C(=O)N(C)CC(=O)Nc1ccc(C)cc1. The van der Waals surface area contributed by atoms with Crippen molar-refractivity contribution in [2.24, 2.45) is 0 Å². The maximum Gasteiger partial charge on any atom is 0.342 e. The molecule has 0 unspecified atom stereocenters. The van der Waals surface area contributed by atoms with Gasteiger partial charge in [-0.1, -0.05) is 29.8 Å². The maximum absolute atomic E-state index is 12.5. The Morgan fingerprint density at radius 2 is 1.72 bits per heavy atom. The third kappa shape index (κ3) is 6.34. The van der Waals surface area contributed by atoms with Gasteiger partial charge in [0.25, 0.3) is 5.91 Å². The van der Waals surface area contributed by atoms with E-state index in [-0.39, 0.29) is 18.0 Å². The van der Waals surface area contributed by atoms with Crippen LogP contribution in [0.4, 0.5) is 5.69 Å². The fraction of sp³-hybridized carbons (Fsp3) is 0.318. The summed E-state index contributed by atoms with van der Waals surface area (Å²) in [6.07, 6.45) is -1.05. The second-order valence-corrected chi connectivity index (χ2v) is 6.59. The van der Waals surface area contributed by atoms with E-state index in [1.165, 1.54) is 18.9 Å². The molecule has 2 amide bonds. The van der Waals surface area contributed by atoms with E-state index in [1.807, 2.05) is 26.0 Å². The lowest BCUT2D eigenvalue weighted by Gasteiger charge is -2.21. The monoisotopic (exact) mass is 398 g/mol. The highest BCUT2D eigenvalue weighted by Crippen LogP contribution is 2.19. The van der Waals surface area contributed by atoms with Gasteiger partial charge in [-0.05, 0) is 45.0 Å². The number of esters is 1. The fourth-order valence-corrected chi connectivity index (χ4v) is 2.63. The molecule has 0 radical (unpaired) electrons. The summed E-state index contributed by atoms with van der Waals surface area (Å²) in [5.74, 6) is -1.09. The van der Waals surface area contributed by atoms with Gasteiger partial charge < -0.3 is 19.7 Å². The van der Waals surface area contributed by atoms with E-state index >= 15 is 0 Å². The Kier molecular flexibility index (Phi) is 7.77. The zero-order valence-corrected chi connectivity index (χ0v) is 17.1. The van der Waals surface area contributed by atoms with E-state index in [1.54, 1.807) is 36.4 Å². The van der Waals surface area contributed by atoms with Crippen molar-refractivity contribution in [3.05, 3.63) is 59.7 Å². The molecule has 2 rings (SSSR count). The lowest BCUT2D eigenvalue weighted by atomic mass is 10.2. The molecule has 0 bridgehead atoms. The number of carbonyl (C=O) groups is 3. The third-order valence-corrected chi connectivity index (χ3v) is 4.13. The van der Waals surface area contributed by atoms with Gasteiger partial charge in [0, 0.05) is 12.7 Å². The van der Waals surface area contributed by atoms with Crippen LogP contribution in [0, 0.1) is 6.92 Å². The minimum absolute atomic E-state index is 0.163. The van der Waals surface area contributed by atoms with Gasteiger partial charge >= 0.3 is 5.97 Å². The minimum atomic E-state index is -1.05. The summed E-state index contributed by atoms with van der Waals surface area (Å²) in [7, 11) is 1.48. The molecule has 0 aliphatic carbocycles. The summed E-state index contributed by atoms with van der Waals surface area (Å²) in [6, 6.07) is 14.0. The number of rotatable bonds is 8. The Morgan fingerprint density at radius 3 is 2.38 bits per heavy atom. The number of benzene rings is 2. The first kappa shape index (κ1) is 21.9. The van der Waals surface area contributed by atoms with Crippen LogP contribution in [0.3, 0.4) is 0 Å². The van der Waals surface area contributed by atoms with Gasteiger partial charge in [0.1, 0.15) is 11.3 Å². The smallest absolute Gasteiger partial charge is 0.342 e. The molecule has 0 heterocycles. The second kappa shape index (κ2) is 10.3. The molecule has 1 N–H and O–H groups in total. The topological polar surface area (TPSA) is 84.9 Å². The number of aryl methyl sites for hydroxylation is 1. The zero-order valence-electron chi connectivity index (χ0n) is 17.1. The molecule has 0 saturated heterocycles. The fourth-order valence-electron chi connectivity index (χ4n) is 2.63. The quantitative estimate of drug-likeness (QED) is 0.691. The van der Waals surface area contributed by atoms with Crippen LogP contribution in [0.1, 0.15) is 29.8 Å². The van der Waals surface area contributed by atoms with E-state index in [4.69, 9.17) is 9.47 Å². The average Bonchev–Trinajstić information content (AvgIpc) is 2.69. The Morgan fingerprint density at radius 1 is 1.07 bits per heavy atom. The van der Waals surface area contributed by atoms with Crippen LogP contribution in [-0.2, 0) is 14.3 Å². The summed E-state index contributed by atoms with van der Waals surface area (Å²) in [6.45, 7) is 5.47. The van der Waals surface area contributed by atoms with E-state index in [2.05, 4.69) is 5.32 Å². The van der Waals surface area contributed by atoms with Crippen molar-refractivity contribution in [1.29, 1.82) is 0 Å². The number of hydrogen-bond acceptors (Lipinski definition) is 5. The highest BCUT2D eigenvalue weighted by Gasteiger charge is 2.25. The standard InChI is InChI=1S/C22H26N2O5/c1-5-28-19-9-7-6-8-18(19)22(27)29-16(3)21(26)24(4)14-20(25)23-17-12-10-15(2)11-13-17/h6-13,16H,5,14H2,1-4H3,(H,23,25)/t16-/m1/s1. The number of anilines is 1. The van der Waals surface area contributed by atoms with Crippen LogP contribution >= 0.6 is 0 Å². The van der Waals surface area contributed by atoms with Gasteiger partial charge in [-0.3, -0.25) is 9.59 Å². The molecule has 7 nitrogen and oxygen atoms in total. The van der Waals surface area contributed by atoms with Crippen LogP contribution in [0.15, 0.2) is 48.5 Å². The first-order valence-electron chi connectivity index (χ1n) is 9.36. The molecule has 0 saturated carbocycles. The molecule has 1 atom stereocenters. The average molecular weight is 398 g/mol. The Bertz CT molecular complexity index is 864. The largest absolute Gasteiger partial charge is 0.493 e. The predicted octanol–water partition coefficient (Wildman–Crippen LogP) is 3.04. The first-order chi connectivity index (χ1) is 13.8. The molecular weight excluding hydrogens is 372 g/mol. The van der Waals surface area contributed by atoms with Gasteiger partial charge in [-0.15, -0.1) is 0 Å². The van der Waals surface area contributed by atoms with Crippen molar-refractivity contribution in [2.75, 3.05) is 25.5 Å². The number of hydrogen-bond donors (Lipinski definition) is 1. The lowest BCUT2D eigenvalue weighted by Crippen LogP contribution is -2.41. The molecule has 0 spiro atoms. The van der Waals surface area contributed by atoms with Crippen LogP contribution in [-0.4, -0.2) is 49.0 Å². The van der Waals surface area contributed by atoms with Crippen molar-refractivity contribution in [3.8, 4) is 5.75 Å². The second-order valence-electron chi connectivity index (χ2n) is 6.59. The van der Waals surface area contributed by atoms with E-state index < -0.39 is 18.0 Å². The third-order valence-electron chi connectivity index (χ3n) is 4.13. The number of nitrogens with one attached hydrogen (secondary N) is 1. The van der Waals surface area contributed by atoms with E-state index in [9.17, 15) is 14.4 Å². The molecule has 29 heavy (non-hydrogen) atoms. The molecule has 0 aliphatic heterocycles. The maximum atomic E-state index is 12.5. The summed E-state index contributed by atoms with van der Waals surface area (Å²) in [5, 5.41) is 2.72. The highest BCUT2D eigenvalue weighted by atomic mass is 16.5. The Balaban J connectivity index is 1.92. The van der Waals surface area contributed by atoms with Crippen LogP contribution in [0.2, 0.25) is 0 Å². The van der Waals surface area contributed by atoms with Crippen molar-refractivity contribution in [1.82, 2.24) is 4.90 Å². The molecule has 154 valence electrons. The summed E-state index contributed by atoms with van der Waals surface area (Å²) < 4.78 is 10.7. The van der Waals surface area contributed by atoms with Crippen LogP contribution in [0.25, 0.3) is 0 Å². The molecule has 0 aliphatic rings. The molecular formula is C22H26N2O5.